The first kappa shape index (κ1) is 21.4. The molecule has 1 aromatic rings. The van der Waals surface area contributed by atoms with Crippen molar-refractivity contribution in [2.24, 2.45) is 5.92 Å². The van der Waals surface area contributed by atoms with E-state index in [1.54, 1.807) is 19.1 Å². The Kier molecular flexibility index (Phi) is 8.86. The standard InChI is InChI=1S/C18H25FN2O3.ClH/c1-13-4-5-15(9-16(13)19)11-20-17(22)12-21-7-2-3-14(6-8-21)10-18(23)24;/h4-5,9,14H,2-3,6-8,10-12H2,1H3,(H,20,22)(H,23,24);1H. The van der Waals surface area contributed by atoms with E-state index in [0.717, 1.165) is 37.9 Å². The summed E-state index contributed by atoms with van der Waals surface area (Å²) < 4.78 is 13.5. The van der Waals surface area contributed by atoms with E-state index in [0.29, 0.717) is 18.7 Å². The number of benzene rings is 1. The third kappa shape index (κ3) is 7.40. The van der Waals surface area contributed by atoms with Crippen molar-refractivity contribution in [1.29, 1.82) is 0 Å². The zero-order chi connectivity index (χ0) is 17.5. The maximum atomic E-state index is 13.5. The monoisotopic (exact) mass is 372 g/mol. The molecule has 1 fully saturated rings. The number of carbonyl (C=O) groups excluding carboxylic acids is 1. The van der Waals surface area contributed by atoms with Crippen LogP contribution in [0.4, 0.5) is 4.39 Å². The Morgan fingerprint density at radius 2 is 2.08 bits per heavy atom. The van der Waals surface area contributed by atoms with Gasteiger partial charge < -0.3 is 10.4 Å². The summed E-state index contributed by atoms with van der Waals surface area (Å²) in [5, 5.41) is 11.7. The van der Waals surface area contributed by atoms with Gasteiger partial charge in [0.2, 0.25) is 5.91 Å². The number of aliphatic carboxylic acids is 1. The fourth-order valence-electron chi connectivity index (χ4n) is 3.04. The van der Waals surface area contributed by atoms with Gasteiger partial charge in [-0.3, -0.25) is 14.5 Å². The fourth-order valence-corrected chi connectivity index (χ4v) is 3.04. The number of hydrogen-bond acceptors (Lipinski definition) is 3. The number of carboxylic acids is 1. The summed E-state index contributed by atoms with van der Waals surface area (Å²) >= 11 is 0. The molecular formula is C18H26ClFN2O3. The molecule has 0 saturated carbocycles. The molecule has 2 rings (SSSR count). The van der Waals surface area contributed by atoms with Gasteiger partial charge in [-0.05, 0) is 62.4 Å². The van der Waals surface area contributed by atoms with Crippen molar-refractivity contribution in [1.82, 2.24) is 10.2 Å². The zero-order valence-electron chi connectivity index (χ0n) is 14.5. The molecule has 1 atom stereocenters. The number of amides is 1. The van der Waals surface area contributed by atoms with Gasteiger partial charge in [0.1, 0.15) is 5.82 Å². The average molecular weight is 373 g/mol. The lowest BCUT2D eigenvalue weighted by molar-refractivity contribution is -0.138. The summed E-state index contributed by atoms with van der Waals surface area (Å²) in [5.74, 6) is -0.908. The smallest absolute Gasteiger partial charge is 0.303 e. The topological polar surface area (TPSA) is 69.6 Å². The molecule has 0 aliphatic carbocycles. The van der Waals surface area contributed by atoms with Crippen molar-refractivity contribution in [3.05, 3.63) is 35.1 Å². The summed E-state index contributed by atoms with van der Waals surface area (Å²) in [6.45, 7) is 3.86. The van der Waals surface area contributed by atoms with Crippen LogP contribution in [-0.2, 0) is 16.1 Å². The highest BCUT2D eigenvalue weighted by atomic mass is 35.5. The maximum absolute atomic E-state index is 13.5. The summed E-state index contributed by atoms with van der Waals surface area (Å²) in [7, 11) is 0. The Labute approximate surface area is 154 Å². The van der Waals surface area contributed by atoms with E-state index in [4.69, 9.17) is 5.11 Å². The fraction of sp³-hybridized carbons (Fsp3) is 0.556. The van der Waals surface area contributed by atoms with Crippen LogP contribution in [0, 0.1) is 18.7 Å². The summed E-state index contributed by atoms with van der Waals surface area (Å²) in [5.41, 5.74) is 1.33. The van der Waals surface area contributed by atoms with Crippen molar-refractivity contribution < 1.29 is 19.1 Å². The van der Waals surface area contributed by atoms with Gasteiger partial charge in [0.05, 0.1) is 6.54 Å². The summed E-state index contributed by atoms with van der Waals surface area (Å²) in [4.78, 5) is 24.9. The molecule has 140 valence electrons. The molecule has 1 aliphatic heterocycles. The van der Waals surface area contributed by atoms with Gasteiger partial charge in [-0.1, -0.05) is 12.1 Å². The van der Waals surface area contributed by atoms with Gasteiger partial charge >= 0.3 is 5.97 Å². The minimum atomic E-state index is -0.753. The van der Waals surface area contributed by atoms with E-state index in [9.17, 15) is 14.0 Å². The van der Waals surface area contributed by atoms with Crippen LogP contribution in [0.25, 0.3) is 0 Å². The van der Waals surface area contributed by atoms with Crippen LogP contribution in [0.3, 0.4) is 0 Å². The second-order valence-electron chi connectivity index (χ2n) is 6.53. The highest BCUT2D eigenvalue weighted by Crippen LogP contribution is 2.20. The lowest BCUT2D eigenvalue weighted by atomic mass is 9.97. The van der Waals surface area contributed by atoms with Crippen LogP contribution in [-0.4, -0.2) is 41.5 Å². The molecule has 2 N–H and O–H groups in total. The molecule has 1 unspecified atom stereocenters. The Morgan fingerprint density at radius 1 is 1.32 bits per heavy atom. The van der Waals surface area contributed by atoms with Gasteiger partial charge in [0.25, 0.3) is 0 Å². The molecule has 1 heterocycles. The van der Waals surface area contributed by atoms with E-state index < -0.39 is 5.97 Å². The molecule has 0 radical (unpaired) electrons. The van der Waals surface area contributed by atoms with Gasteiger partial charge in [-0.2, -0.15) is 0 Å². The van der Waals surface area contributed by atoms with Crippen molar-refractivity contribution in [3.8, 4) is 0 Å². The number of rotatable bonds is 6. The third-order valence-electron chi connectivity index (χ3n) is 4.50. The molecule has 7 heteroatoms. The zero-order valence-corrected chi connectivity index (χ0v) is 15.3. The first-order valence-corrected chi connectivity index (χ1v) is 8.40. The number of nitrogens with zero attached hydrogens (tertiary/aromatic N) is 1. The molecule has 1 saturated heterocycles. The van der Waals surface area contributed by atoms with E-state index in [-0.39, 0.29) is 36.5 Å². The number of hydrogen-bond donors (Lipinski definition) is 2. The predicted octanol–water partition coefficient (Wildman–Crippen LogP) is 2.75. The molecule has 25 heavy (non-hydrogen) atoms. The van der Waals surface area contributed by atoms with Crippen LogP contribution in [0.5, 0.6) is 0 Å². The maximum Gasteiger partial charge on any atom is 0.303 e. The minimum absolute atomic E-state index is 0. The van der Waals surface area contributed by atoms with Crippen LogP contribution in [0.1, 0.15) is 36.8 Å². The number of nitrogens with one attached hydrogen (secondary N) is 1. The Hall–Kier alpha value is -1.66. The largest absolute Gasteiger partial charge is 0.481 e. The first-order valence-electron chi connectivity index (χ1n) is 8.40. The second kappa shape index (κ2) is 10.4. The number of likely N-dealkylation sites (tertiary alicyclic amines) is 1. The molecule has 5 nitrogen and oxygen atoms in total. The van der Waals surface area contributed by atoms with Gasteiger partial charge in [0, 0.05) is 13.0 Å². The number of halogens is 2. The van der Waals surface area contributed by atoms with E-state index in [1.807, 2.05) is 0 Å². The highest BCUT2D eigenvalue weighted by molar-refractivity contribution is 5.85. The van der Waals surface area contributed by atoms with Gasteiger partial charge in [0.15, 0.2) is 0 Å². The lowest BCUT2D eigenvalue weighted by Crippen LogP contribution is -2.37. The van der Waals surface area contributed by atoms with Gasteiger partial charge in [-0.15, -0.1) is 12.4 Å². The van der Waals surface area contributed by atoms with Crippen LogP contribution >= 0.6 is 12.4 Å². The molecule has 0 spiro atoms. The van der Waals surface area contributed by atoms with E-state index >= 15 is 0 Å². The number of carbonyl (C=O) groups is 2. The summed E-state index contributed by atoms with van der Waals surface area (Å²) in [6, 6.07) is 4.95. The van der Waals surface area contributed by atoms with E-state index in [1.165, 1.54) is 6.07 Å². The molecule has 0 bridgehead atoms. The minimum Gasteiger partial charge on any atom is -0.481 e. The second-order valence-corrected chi connectivity index (χ2v) is 6.53. The van der Waals surface area contributed by atoms with Crippen LogP contribution in [0.15, 0.2) is 18.2 Å². The first-order chi connectivity index (χ1) is 11.4. The molecule has 1 amide bonds. The van der Waals surface area contributed by atoms with E-state index in [2.05, 4.69) is 10.2 Å². The van der Waals surface area contributed by atoms with Crippen molar-refractivity contribution in [3.63, 3.8) is 0 Å². The SMILES string of the molecule is Cc1ccc(CNC(=O)CN2CCCC(CC(=O)O)CC2)cc1F.Cl. The summed E-state index contributed by atoms with van der Waals surface area (Å²) in [6.07, 6.45) is 2.82. The predicted molar refractivity (Wildman–Crippen MR) is 96.3 cm³/mol. The Balaban J connectivity index is 0.00000312. The number of carboxylic acid groups (broad SMARTS) is 1. The highest BCUT2D eigenvalue weighted by Gasteiger charge is 2.20. The molecule has 0 aromatic heterocycles. The molecule has 1 aliphatic rings. The Bertz CT molecular complexity index is 598. The lowest BCUT2D eigenvalue weighted by Gasteiger charge is -2.19. The third-order valence-corrected chi connectivity index (χ3v) is 4.50. The molecular weight excluding hydrogens is 347 g/mol. The quantitative estimate of drug-likeness (QED) is 0.805. The normalized spacial score (nSPS) is 18.1. The Morgan fingerprint density at radius 3 is 2.76 bits per heavy atom. The van der Waals surface area contributed by atoms with Crippen molar-refractivity contribution >= 4 is 24.3 Å². The van der Waals surface area contributed by atoms with Crippen LogP contribution < -0.4 is 5.32 Å². The van der Waals surface area contributed by atoms with Crippen molar-refractivity contribution in [2.75, 3.05) is 19.6 Å². The molecule has 1 aromatic carbocycles. The van der Waals surface area contributed by atoms with Crippen molar-refractivity contribution in [2.45, 2.75) is 39.2 Å². The van der Waals surface area contributed by atoms with Crippen LogP contribution in [0.2, 0.25) is 0 Å². The number of aryl methyl sites for hydroxylation is 1. The average Bonchev–Trinajstić information content (AvgIpc) is 2.73. The van der Waals surface area contributed by atoms with Gasteiger partial charge in [-0.25, -0.2) is 4.39 Å².